The number of anilines is 3. The minimum Gasteiger partial charge on any atom is -0.382 e. The Kier molecular flexibility index (Phi) is 1.84. The van der Waals surface area contributed by atoms with Crippen molar-refractivity contribution in [2.24, 2.45) is 5.10 Å². The van der Waals surface area contributed by atoms with Crippen LogP contribution in [0.4, 0.5) is 17.1 Å². The van der Waals surface area contributed by atoms with Crippen LogP contribution in [0.3, 0.4) is 0 Å². The summed E-state index contributed by atoms with van der Waals surface area (Å²) in [7, 11) is 0. The Morgan fingerprint density at radius 3 is 2.93 bits per heavy atom. The molecule has 1 aromatic rings. The second kappa shape index (κ2) is 3.31. The third-order valence-electron chi connectivity index (χ3n) is 2.60. The van der Waals surface area contributed by atoms with Gasteiger partial charge in [0.15, 0.2) is 0 Å². The van der Waals surface area contributed by atoms with E-state index in [1.807, 2.05) is 12.1 Å². The van der Waals surface area contributed by atoms with E-state index in [4.69, 9.17) is 0 Å². The predicted molar refractivity (Wildman–Crippen MR) is 64.6 cm³/mol. The number of nitrogens with one attached hydrogen (secondary N) is 3. The monoisotopic (exact) mass is 200 g/mol. The normalized spacial score (nSPS) is 16.5. The minimum absolute atomic E-state index is 0.956. The third kappa shape index (κ3) is 1.34. The summed E-state index contributed by atoms with van der Waals surface area (Å²) in [4.78, 5) is 0. The molecule has 3 N–H and O–H groups in total. The van der Waals surface area contributed by atoms with Crippen LogP contribution in [0.25, 0.3) is 6.08 Å². The average Bonchev–Trinajstić information content (AvgIpc) is 2.54. The fraction of sp³-hybridized carbons (Fsp3) is 0.182. The van der Waals surface area contributed by atoms with Gasteiger partial charge in [-0.1, -0.05) is 0 Å². The van der Waals surface area contributed by atoms with Crippen LogP contribution in [0.15, 0.2) is 23.3 Å². The summed E-state index contributed by atoms with van der Waals surface area (Å²) in [6.07, 6.45) is 5.76. The molecule has 0 bridgehead atoms. The number of allylic oxidation sites excluding steroid dienone is 1. The molecule has 15 heavy (non-hydrogen) atoms. The summed E-state index contributed by atoms with van der Waals surface area (Å²) >= 11 is 0. The molecule has 0 unspecified atom stereocenters. The van der Waals surface area contributed by atoms with Crippen LogP contribution in [0.5, 0.6) is 0 Å². The topological polar surface area (TPSA) is 48.4 Å². The van der Waals surface area contributed by atoms with Crippen molar-refractivity contribution in [3.63, 3.8) is 0 Å². The Bertz CT molecular complexity index is 448. The lowest BCUT2D eigenvalue weighted by molar-refractivity contribution is 1.04. The van der Waals surface area contributed by atoms with Gasteiger partial charge in [0.05, 0.1) is 17.1 Å². The van der Waals surface area contributed by atoms with Crippen LogP contribution in [-0.2, 0) is 0 Å². The van der Waals surface area contributed by atoms with E-state index in [9.17, 15) is 0 Å². The third-order valence-corrected chi connectivity index (χ3v) is 2.60. The summed E-state index contributed by atoms with van der Waals surface area (Å²) in [5, 5.41) is 10.8. The highest BCUT2D eigenvalue weighted by atomic mass is 15.3. The van der Waals surface area contributed by atoms with Gasteiger partial charge in [0.2, 0.25) is 0 Å². The Morgan fingerprint density at radius 1 is 1.07 bits per heavy atom. The van der Waals surface area contributed by atoms with Crippen molar-refractivity contribution in [3.05, 3.63) is 23.8 Å². The maximum Gasteiger partial charge on any atom is 0.0671 e. The SMILES string of the molecule is C1=Cc2c(ccc3c2NCCN3)NN=C1. The Balaban J connectivity index is 2.17. The molecule has 0 aromatic heterocycles. The average molecular weight is 200 g/mol. The number of rotatable bonds is 0. The van der Waals surface area contributed by atoms with Crippen molar-refractivity contribution in [2.45, 2.75) is 0 Å². The van der Waals surface area contributed by atoms with Gasteiger partial charge in [-0.2, -0.15) is 5.10 Å². The molecule has 4 nitrogen and oxygen atoms in total. The number of hydrogen-bond acceptors (Lipinski definition) is 4. The first kappa shape index (κ1) is 8.35. The highest BCUT2D eigenvalue weighted by molar-refractivity contribution is 5.93. The zero-order chi connectivity index (χ0) is 10.1. The Labute approximate surface area is 88.1 Å². The summed E-state index contributed by atoms with van der Waals surface area (Å²) < 4.78 is 0. The highest BCUT2D eigenvalue weighted by Crippen LogP contribution is 2.35. The summed E-state index contributed by atoms with van der Waals surface area (Å²) in [5.41, 5.74) is 7.54. The molecule has 2 aliphatic rings. The van der Waals surface area contributed by atoms with Crippen LogP contribution < -0.4 is 16.1 Å². The van der Waals surface area contributed by atoms with Crippen molar-refractivity contribution in [2.75, 3.05) is 29.1 Å². The molecule has 0 saturated heterocycles. The highest BCUT2D eigenvalue weighted by Gasteiger charge is 2.14. The summed E-state index contributed by atoms with van der Waals surface area (Å²) in [6, 6.07) is 4.11. The van der Waals surface area contributed by atoms with Crippen molar-refractivity contribution in [1.82, 2.24) is 0 Å². The van der Waals surface area contributed by atoms with E-state index < -0.39 is 0 Å². The molecule has 1 aromatic carbocycles. The van der Waals surface area contributed by atoms with Gasteiger partial charge >= 0.3 is 0 Å². The second-order valence-electron chi connectivity index (χ2n) is 3.55. The van der Waals surface area contributed by atoms with Crippen molar-refractivity contribution >= 4 is 29.4 Å². The lowest BCUT2D eigenvalue weighted by Gasteiger charge is -2.23. The van der Waals surface area contributed by atoms with E-state index in [2.05, 4.69) is 33.3 Å². The zero-order valence-corrected chi connectivity index (χ0v) is 8.25. The van der Waals surface area contributed by atoms with Crippen molar-refractivity contribution < 1.29 is 0 Å². The number of fused-ring (bicyclic) bond motifs is 3. The molecule has 0 aliphatic carbocycles. The maximum atomic E-state index is 4.05. The fourth-order valence-corrected chi connectivity index (χ4v) is 1.90. The van der Waals surface area contributed by atoms with E-state index in [0.29, 0.717) is 0 Å². The molecule has 2 heterocycles. The van der Waals surface area contributed by atoms with Crippen LogP contribution in [0.1, 0.15) is 5.56 Å². The smallest absolute Gasteiger partial charge is 0.0671 e. The molecule has 76 valence electrons. The largest absolute Gasteiger partial charge is 0.382 e. The number of hydrazone groups is 1. The molecule has 0 saturated carbocycles. The quantitative estimate of drug-likeness (QED) is 0.600. The Hall–Kier alpha value is -1.97. The van der Waals surface area contributed by atoms with Gasteiger partial charge in [0.25, 0.3) is 0 Å². The second-order valence-corrected chi connectivity index (χ2v) is 3.55. The lowest BCUT2D eigenvalue weighted by atomic mass is 10.1. The molecular formula is C11H12N4. The first-order chi connectivity index (χ1) is 7.45. The molecule has 0 spiro atoms. The molecular weight excluding hydrogens is 188 g/mol. The summed E-state index contributed by atoms with van der Waals surface area (Å²) in [6.45, 7) is 1.93. The van der Waals surface area contributed by atoms with Gasteiger partial charge < -0.3 is 10.6 Å². The first-order valence-electron chi connectivity index (χ1n) is 5.05. The number of benzene rings is 1. The predicted octanol–water partition coefficient (Wildman–Crippen LogP) is 1.95. The van der Waals surface area contributed by atoms with E-state index in [-0.39, 0.29) is 0 Å². The van der Waals surface area contributed by atoms with Crippen LogP contribution in [0.2, 0.25) is 0 Å². The van der Waals surface area contributed by atoms with Gasteiger partial charge in [-0.3, -0.25) is 5.43 Å². The molecule has 2 aliphatic heterocycles. The van der Waals surface area contributed by atoms with E-state index in [1.54, 1.807) is 6.21 Å². The van der Waals surface area contributed by atoms with Gasteiger partial charge in [-0.25, -0.2) is 0 Å². The summed E-state index contributed by atoms with van der Waals surface area (Å²) in [5.74, 6) is 0. The van der Waals surface area contributed by atoms with Crippen LogP contribution in [-0.4, -0.2) is 19.3 Å². The van der Waals surface area contributed by atoms with Gasteiger partial charge in [-0.05, 0) is 24.3 Å². The molecule has 3 rings (SSSR count). The zero-order valence-electron chi connectivity index (χ0n) is 8.25. The lowest BCUT2D eigenvalue weighted by Crippen LogP contribution is -2.21. The molecule has 4 heteroatoms. The number of nitrogens with zero attached hydrogens (tertiary/aromatic N) is 1. The van der Waals surface area contributed by atoms with Crippen molar-refractivity contribution in [1.29, 1.82) is 0 Å². The van der Waals surface area contributed by atoms with E-state index in [0.717, 1.165) is 35.7 Å². The molecule has 0 amide bonds. The van der Waals surface area contributed by atoms with Crippen LogP contribution >= 0.6 is 0 Å². The maximum absolute atomic E-state index is 4.05. The van der Waals surface area contributed by atoms with Crippen molar-refractivity contribution in [3.8, 4) is 0 Å². The number of hydrogen-bond donors (Lipinski definition) is 3. The van der Waals surface area contributed by atoms with Gasteiger partial charge in [-0.15, -0.1) is 0 Å². The Morgan fingerprint density at radius 2 is 1.93 bits per heavy atom. The van der Waals surface area contributed by atoms with Crippen LogP contribution in [0, 0.1) is 0 Å². The minimum atomic E-state index is 0.956. The van der Waals surface area contributed by atoms with Gasteiger partial charge in [0, 0.05) is 24.9 Å². The van der Waals surface area contributed by atoms with E-state index >= 15 is 0 Å². The van der Waals surface area contributed by atoms with E-state index in [1.165, 1.54) is 0 Å². The standard InChI is InChI=1S/C11H12N4/c1-2-8-9(15-14-5-1)3-4-10-11(8)13-7-6-12-10/h1-5,12-13,15H,6-7H2. The molecule has 0 fully saturated rings. The molecule has 0 atom stereocenters. The molecule has 0 radical (unpaired) electrons. The van der Waals surface area contributed by atoms with Gasteiger partial charge in [0.1, 0.15) is 0 Å². The fourth-order valence-electron chi connectivity index (χ4n) is 1.90. The first-order valence-corrected chi connectivity index (χ1v) is 5.05.